The van der Waals surface area contributed by atoms with E-state index in [4.69, 9.17) is 10.2 Å². The van der Waals surface area contributed by atoms with Crippen molar-refractivity contribution in [2.75, 3.05) is 0 Å². The SMILES string of the molecule is [CH2]Cc1c2c(-c3ccccc3)nnc(-c3ccccc3)c2c(-c2ccccc2)n1-c1ccccc1. The molecule has 0 aliphatic rings. The van der Waals surface area contributed by atoms with Crippen molar-refractivity contribution in [2.24, 2.45) is 0 Å². The van der Waals surface area contributed by atoms with Crippen molar-refractivity contribution in [3.05, 3.63) is 134 Å². The maximum atomic E-state index is 4.84. The first-order valence-corrected chi connectivity index (χ1v) is 11.8. The fourth-order valence-corrected chi connectivity index (χ4v) is 4.87. The Balaban J connectivity index is 1.85. The highest BCUT2D eigenvalue weighted by atomic mass is 15.1. The molecule has 0 spiro atoms. The molecule has 3 heteroatoms. The van der Waals surface area contributed by atoms with Crippen LogP contribution in [-0.4, -0.2) is 14.8 Å². The normalized spacial score (nSPS) is 11.1. The lowest BCUT2D eigenvalue weighted by molar-refractivity contribution is 0.988. The molecule has 0 saturated carbocycles. The van der Waals surface area contributed by atoms with Gasteiger partial charge in [0.2, 0.25) is 0 Å². The summed E-state index contributed by atoms with van der Waals surface area (Å²) in [5.74, 6) is 0. The molecule has 6 aromatic rings. The molecular formula is C32H24N3. The highest BCUT2D eigenvalue weighted by Crippen LogP contribution is 2.44. The second-order valence-corrected chi connectivity index (χ2v) is 8.46. The first kappa shape index (κ1) is 21.1. The Morgan fingerprint density at radius 3 is 1.43 bits per heavy atom. The average Bonchev–Trinajstić information content (AvgIpc) is 3.30. The van der Waals surface area contributed by atoms with Gasteiger partial charge in [0.05, 0.1) is 5.69 Å². The van der Waals surface area contributed by atoms with Crippen LogP contribution in [0, 0.1) is 6.92 Å². The first-order valence-electron chi connectivity index (χ1n) is 11.8. The van der Waals surface area contributed by atoms with Crippen LogP contribution in [0.25, 0.3) is 50.2 Å². The topological polar surface area (TPSA) is 30.7 Å². The maximum Gasteiger partial charge on any atom is 0.103 e. The van der Waals surface area contributed by atoms with Crippen LogP contribution < -0.4 is 0 Å². The van der Waals surface area contributed by atoms with E-state index < -0.39 is 0 Å². The number of fused-ring (bicyclic) bond motifs is 1. The van der Waals surface area contributed by atoms with E-state index in [1.807, 2.05) is 42.5 Å². The van der Waals surface area contributed by atoms with E-state index in [1.165, 1.54) is 0 Å². The van der Waals surface area contributed by atoms with E-state index in [0.29, 0.717) is 6.42 Å². The summed E-state index contributed by atoms with van der Waals surface area (Å²) < 4.78 is 2.34. The zero-order valence-corrected chi connectivity index (χ0v) is 19.3. The van der Waals surface area contributed by atoms with Gasteiger partial charge in [0.15, 0.2) is 0 Å². The van der Waals surface area contributed by atoms with Crippen molar-refractivity contribution in [3.63, 3.8) is 0 Å². The van der Waals surface area contributed by atoms with Crippen molar-refractivity contribution in [1.82, 2.24) is 14.8 Å². The Morgan fingerprint density at radius 1 is 0.514 bits per heavy atom. The van der Waals surface area contributed by atoms with Gasteiger partial charge in [-0.15, -0.1) is 10.2 Å². The van der Waals surface area contributed by atoms with Crippen molar-refractivity contribution in [3.8, 4) is 39.5 Å². The number of aromatic nitrogens is 3. The lowest BCUT2D eigenvalue weighted by Crippen LogP contribution is -2.01. The number of para-hydroxylation sites is 1. The van der Waals surface area contributed by atoms with Gasteiger partial charge in [-0.1, -0.05) is 109 Å². The van der Waals surface area contributed by atoms with E-state index in [-0.39, 0.29) is 0 Å². The van der Waals surface area contributed by atoms with Gasteiger partial charge in [-0.2, -0.15) is 0 Å². The van der Waals surface area contributed by atoms with Gasteiger partial charge in [0.1, 0.15) is 11.4 Å². The second-order valence-electron chi connectivity index (χ2n) is 8.46. The van der Waals surface area contributed by atoms with E-state index in [0.717, 1.165) is 55.9 Å². The average molecular weight is 451 g/mol. The first-order chi connectivity index (χ1) is 17.4. The Morgan fingerprint density at radius 2 is 0.943 bits per heavy atom. The predicted molar refractivity (Wildman–Crippen MR) is 144 cm³/mol. The number of nitrogens with zero attached hydrogens (tertiary/aromatic N) is 3. The van der Waals surface area contributed by atoms with Crippen LogP contribution in [0.15, 0.2) is 121 Å². The quantitative estimate of drug-likeness (QED) is 0.268. The minimum atomic E-state index is 0.609. The molecule has 3 nitrogen and oxygen atoms in total. The Hall–Kier alpha value is -4.50. The van der Waals surface area contributed by atoms with Gasteiger partial charge in [-0.05, 0) is 31.0 Å². The van der Waals surface area contributed by atoms with Crippen molar-refractivity contribution >= 4 is 10.8 Å². The zero-order chi connectivity index (χ0) is 23.6. The summed E-state index contributed by atoms with van der Waals surface area (Å²) in [6.07, 6.45) is 0.609. The van der Waals surface area contributed by atoms with Gasteiger partial charge >= 0.3 is 0 Å². The molecule has 0 bridgehead atoms. The Kier molecular flexibility index (Phi) is 5.44. The molecule has 0 saturated heterocycles. The summed E-state index contributed by atoms with van der Waals surface area (Å²) in [4.78, 5) is 0. The van der Waals surface area contributed by atoms with Crippen LogP contribution in [0.4, 0.5) is 0 Å². The molecule has 4 aromatic carbocycles. The molecule has 0 aliphatic heterocycles. The lowest BCUT2D eigenvalue weighted by Gasteiger charge is -2.14. The molecule has 35 heavy (non-hydrogen) atoms. The summed E-state index contributed by atoms with van der Waals surface area (Å²) >= 11 is 0. The van der Waals surface area contributed by atoms with Crippen LogP contribution in [-0.2, 0) is 6.42 Å². The minimum Gasteiger partial charge on any atom is -0.312 e. The number of benzene rings is 4. The van der Waals surface area contributed by atoms with Crippen LogP contribution in [0.5, 0.6) is 0 Å². The van der Waals surface area contributed by atoms with Gasteiger partial charge in [-0.3, -0.25) is 0 Å². The fraction of sp³-hybridized carbons (Fsp3) is 0.0312. The largest absolute Gasteiger partial charge is 0.312 e. The summed E-state index contributed by atoms with van der Waals surface area (Å²) in [7, 11) is 0. The molecule has 2 heterocycles. The van der Waals surface area contributed by atoms with E-state index in [1.54, 1.807) is 0 Å². The molecular weight excluding hydrogens is 426 g/mol. The molecule has 167 valence electrons. The van der Waals surface area contributed by atoms with Crippen molar-refractivity contribution < 1.29 is 0 Å². The number of hydrogen-bond acceptors (Lipinski definition) is 2. The Labute approximate surface area is 205 Å². The molecule has 0 aliphatic carbocycles. The summed E-state index contributed by atoms with van der Waals surface area (Å²) in [6, 6.07) is 41.7. The molecule has 1 radical (unpaired) electrons. The lowest BCUT2D eigenvalue weighted by atomic mass is 9.98. The molecule has 0 N–H and O–H groups in total. The monoisotopic (exact) mass is 450 g/mol. The smallest absolute Gasteiger partial charge is 0.103 e. The molecule has 0 unspecified atom stereocenters. The van der Waals surface area contributed by atoms with Crippen LogP contribution >= 0.6 is 0 Å². The third-order valence-corrected chi connectivity index (χ3v) is 6.39. The highest BCUT2D eigenvalue weighted by Gasteiger charge is 2.26. The summed E-state index contributed by atoms with van der Waals surface area (Å²) in [5.41, 5.74) is 8.30. The third-order valence-electron chi connectivity index (χ3n) is 6.39. The summed E-state index contributed by atoms with van der Waals surface area (Å²) in [5, 5.41) is 11.8. The maximum absolute atomic E-state index is 4.84. The van der Waals surface area contributed by atoms with Crippen molar-refractivity contribution in [1.29, 1.82) is 0 Å². The van der Waals surface area contributed by atoms with Crippen molar-refractivity contribution in [2.45, 2.75) is 6.42 Å². The summed E-state index contributed by atoms with van der Waals surface area (Å²) in [6.45, 7) is 4.37. The zero-order valence-electron chi connectivity index (χ0n) is 19.3. The van der Waals surface area contributed by atoms with Gasteiger partial charge in [-0.25, -0.2) is 0 Å². The number of rotatable bonds is 5. The van der Waals surface area contributed by atoms with E-state index >= 15 is 0 Å². The highest BCUT2D eigenvalue weighted by molar-refractivity contribution is 6.11. The number of hydrogen-bond donors (Lipinski definition) is 0. The van der Waals surface area contributed by atoms with Gasteiger partial charge in [0, 0.05) is 33.3 Å². The fourth-order valence-electron chi connectivity index (χ4n) is 4.87. The molecule has 0 fully saturated rings. The van der Waals surface area contributed by atoms with E-state index in [2.05, 4.69) is 90.4 Å². The standard InChI is InChI=1S/C32H24N3/c1-2-27-28-29(32(25-19-11-5-12-20-25)35(27)26-21-13-6-14-22-26)31(24-17-9-4-10-18-24)34-33-30(28)23-15-7-3-8-16-23/h3-22H,1-2H2. The van der Waals surface area contributed by atoms with Crippen LogP contribution in [0.2, 0.25) is 0 Å². The molecule has 0 amide bonds. The Bertz CT molecular complexity index is 1590. The second kappa shape index (κ2) is 9.03. The van der Waals surface area contributed by atoms with Gasteiger partial charge < -0.3 is 4.57 Å². The molecule has 2 aromatic heterocycles. The minimum absolute atomic E-state index is 0.609. The molecule has 6 rings (SSSR count). The predicted octanol–water partition coefficient (Wildman–Crippen LogP) is 7.80. The molecule has 0 atom stereocenters. The van der Waals surface area contributed by atoms with E-state index in [9.17, 15) is 0 Å². The van der Waals surface area contributed by atoms with Gasteiger partial charge in [0.25, 0.3) is 0 Å². The van der Waals surface area contributed by atoms with Crippen LogP contribution in [0.1, 0.15) is 5.69 Å². The van der Waals surface area contributed by atoms with Crippen LogP contribution in [0.3, 0.4) is 0 Å². The third kappa shape index (κ3) is 3.62.